The molecule has 1 atom stereocenters. The molecular formula is C16H18O4. The van der Waals surface area contributed by atoms with E-state index in [9.17, 15) is 14.7 Å². The molecule has 4 heteroatoms. The van der Waals surface area contributed by atoms with Crippen molar-refractivity contribution in [3.63, 3.8) is 0 Å². The SMILES string of the molecule is CC(=O)C1=C(O)C(CC(C)C)OC1=O.c1cc2cc-2c1. The second-order valence-corrected chi connectivity index (χ2v) is 5.42. The third-order valence-corrected chi connectivity index (χ3v) is 3.16. The summed E-state index contributed by atoms with van der Waals surface area (Å²) in [4.78, 5) is 22.1. The maximum absolute atomic E-state index is 11.2. The quantitative estimate of drug-likeness (QED) is 0.690. The number of cyclic esters (lactones) is 1. The number of Topliss-reactive ketones (excluding diaryl/α,β-unsaturated/α-hetero) is 1. The number of carbonyl (C=O) groups is 2. The molecule has 0 aromatic rings. The van der Waals surface area contributed by atoms with Gasteiger partial charge in [-0.2, -0.15) is 0 Å². The van der Waals surface area contributed by atoms with Gasteiger partial charge in [-0.05, 0) is 36.5 Å². The van der Waals surface area contributed by atoms with Crippen molar-refractivity contribution in [1.82, 2.24) is 0 Å². The van der Waals surface area contributed by atoms with Crippen LogP contribution in [0, 0.1) is 5.92 Å². The largest absolute Gasteiger partial charge is 0.507 e. The summed E-state index contributed by atoms with van der Waals surface area (Å²) in [6, 6.07) is 8.48. The lowest BCUT2D eigenvalue weighted by molar-refractivity contribution is -0.141. The van der Waals surface area contributed by atoms with E-state index in [0.717, 1.165) is 0 Å². The molecule has 0 spiro atoms. The van der Waals surface area contributed by atoms with Crippen LogP contribution in [0.4, 0.5) is 0 Å². The molecule has 1 unspecified atom stereocenters. The van der Waals surface area contributed by atoms with Crippen molar-refractivity contribution in [3.8, 4) is 11.1 Å². The number of aliphatic hydroxyl groups excluding tert-OH is 1. The Morgan fingerprint density at radius 3 is 2.25 bits per heavy atom. The maximum atomic E-state index is 11.2. The minimum Gasteiger partial charge on any atom is -0.507 e. The molecule has 106 valence electrons. The van der Waals surface area contributed by atoms with Gasteiger partial charge in [0.2, 0.25) is 0 Å². The number of fused-ring (bicyclic) bond motifs is 1. The third-order valence-electron chi connectivity index (χ3n) is 3.16. The van der Waals surface area contributed by atoms with Crippen LogP contribution in [0.3, 0.4) is 0 Å². The lowest BCUT2D eigenvalue weighted by atomic mass is 10.0. The van der Waals surface area contributed by atoms with E-state index in [0.29, 0.717) is 12.3 Å². The number of benzene rings is 1. The van der Waals surface area contributed by atoms with Crippen LogP contribution in [0.1, 0.15) is 27.2 Å². The second-order valence-electron chi connectivity index (χ2n) is 5.42. The van der Waals surface area contributed by atoms with Crippen molar-refractivity contribution < 1.29 is 19.4 Å². The molecule has 3 rings (SSSR count). The van der Waals surface area contributed by atoms with Crippen molar-refractivity contribution in [2.75, 3.05) is 0 Å². The molecule has 0 saturated heterocycles. The average molecular weight is 274 g/mol. The first-order chi connectivity index (χ1) is 9.40. The highest BCUT2D eigenvalue weighted by molar-refractivity contribution is 6.18. The summed E-state index contributed by atoms with van der Waals surface area (Å²) in [5.41, 5.74) is 2.65. The van der Waals surface area contributed by atoms with E-state index in [1.807, 2.05) is 13.8 Å². The van der Waals surface area contributed by atoms with Crippen LogP contribution in [0.25, 0.3) is 11.1 Å². The van der Waals surface area contributed by atoms with Crippen molar-refractivity contribution in [3.05, 3.63) is 35.6 Å². The lowest BCUT2D eigenvalue weighted by Crippen LogP contribution is -2.14. The molecule has 1 aliphatic heterocycles. The Morgan fingerprint density at radius 2 is 1.95 bits per heavy atom. The summed E-state index contributed by atoms with van der Waals surface area (Å²) < 4.78 is 4.87. The van der Waals surface area contributed by atoms with Crippen LogP contribution >= 0.6 is 0 Å². The number of rotatable bonds is 3. The van der Waals surface area contributed by atoms with E-state index >= 15 is 0 Å². The third kappa shape index (κ3) is 3.07. The topological polar surface area (TPSA) is 63.6 Å². The molecule has 1 N–H and O–H groups in total. The van der Waals surface area contributed by atoms with Crippen molar-refractivity contribution in [2.24, 2.45) is 5.92 Å². The maximum Gasteiger partial charge on any atom is 0.346 e. The molecule has 2 aliphatic carbocycles. The molecule has 0 radical (unpaired) electrons. The van der Waals surface area contributed by atoms with Gasteiger partial charge in [0.1, 0.15) is 5.57 Å². The fourth-order valence-electron chi connectivity index (χ4n) is 2.10. The van der Waals surface area contributed by atoms with E-state index in [-0.39, 0.29) is 11.3 Å². The molecule has 0 fully saturated rings. The Kier molecular flexibility index (Phi) is 3.93. The normalized spacial score (nSPS) is 18.6. The van der Waals surface area contributed by atoms with Crippen molar-refractivity contribution in [1.29, 1.82) is 0 Å². The molecule has 3 aliphatic rings. The molecule has 0 aromatic carbocycles. The number of ketones is 1. The van der Waals surface area contributed by atoms with E-state index < -0.39 is 17.9 Å². The van der Waals surface area contributed by atoms with Gasteiger partial charge in [-0.1, -0.05) is 32.0 Å². The molecule has 0 bridgehead atoms. The zero-order valence-electron chi connectivity index (χ0n) is 11.8. The Hall–Kier alpha value is -2.10. The summed E-state index contributed by atoms with van der Waals surface area (Å²) in [6.07, 6.45) is -0.102. The summed E-state index contributed by atoms with van der Waals surface area (Å²) in [7, 11) is 0. The minimum atomic E-state index is -0.708. The average Bonchev–Trinajstić information content (AvgIpc) is 2.83. The predicted molar refractivity (Wildman–Crippen MR) is 75.1 cm³/mol. The number of carbonyl (C=O) groups excluding carboxylic acids is 2. The fraction of sp³-hybridized carbons (Fsp3) is 0.375. The highest BCUT2D eigenvalue weighted by Gasteiger charge is 2.36. The standard InChI is InChI=1S/C10H14O4.C6H4/c1-5(2)4-7-9(12)8(6(3)11)10(13)14-7;1-2-5-4-6(5)3-1/h5,7,12H,4H2,1-3H3;1-4H. The Bertz CT molecular complexity index is 567. The molecule has 0 saturated carbocycles. The zero-order chi connectivity index (χ0) is 14.9. The van der Waals surface area contributed by atoms with E-state index in [1.165, 1.54) is 18.1 Å². The molecule has 1 heterocycles. The summed E-state index contributed by atoms with van der Waals surface area (Å²) in [5, 5.41) is 9.55. The number of aliphatic hydroxyl groups is 1. The zero-order valence-corrected chi connectivity index (χ0v) is 11.8. The van der Waals surface area contributed by atoms with Crippen LogP contribution in [-0.2, 0) is 14.3 Å². The Labute approximate surface area is 118 Å². The number of ether oxygens (including phenoxy) is 1. The fourth-order valence-corrected chi connectivity index (χ4v) is 2.10. The first-order valence-corrected chi connectivity index (χ1v) is 6.65. The predicted octanol–water partition coefficient (Wildman–Crippen LogP) is 3.03. The van der Waals surface area contributed by atoms with Gasteiger partial charge in [-0.15, -0.1) is 0 Å². The molecule has 0 amide bonds. The number of esters is 1. The highest BCUT2D eigenvalue weighted by Crippen LogP contribution is 2.32. The van der Waals surface area contributed by atoms with Gasteiger partial charge in [0.15, 0.2) is 17.6 Å². The summed E-state index contributed by atoms with van der Waals surface area (Å²) in [5.74, 6) is -1.07. The van der Waals surface area contributed by atoms with Gasteiger partial charge in [0.05, 0.1) is 0 Å². The minimum absolute atomic E-state index is 0.198. The van der Waals surface area contributed by atoms with E-state index in [2.05, 4.69) is 24.3 Å². The van der Waals surface area contributed by atoms with E-state index in [1.54, 1.807) is 0 Å². The smallest absolute Gasteiger partial charge is 0.346 e. The van der Waals surface area contributed by atoms with Gasteiger partial charge >= 0.3 is 5.97 Å². The molecule has 4 nitrogen and oxygen atoms in total. The Balaban J connectivity index is 0.000000198. The van der Waals surface area contributed by atoms with Gasteiger partial charge < -0.3 is 9.84 Å². The number of hydrogen-bond donors (Lipinski definition) is 1. The Morgan fingerprint density at radius 1 is 1.35 bits per heavy atom. The molecule has 20 heavy (non-hydrogen) atoms. The summed E-state index contributed by atoms with van der Waals surface area (Å²) >= 11 is 0. The first-order valence-electron chi connectivity index (χ1n) is 6.65. The van der Waals surface area contributed by atoms with Crippen LogP contribution < -0.4 is 0 Å². The van der Waals surface area contributed by atoms with Gasteiger partial charge in [-0.25, -0.2) is 4.79 Å². The van der Waals surface area contributed by atoms with Gasteiger partial charge in [0, 0.05) is 0 Å². The van der Waals surface area contributed by atoms with Crippen LogP contribution in [0.2, 0.25) is 0 Å². The monoisotopic (exact) mass is 274 g/mol. The highest BCUT2D eigenvalue weighted by atomic mass is 16.6. The van der Waals surface area contributed by atoms with Crippen molar-refractivity contribution in [2.45, 2.75) is 33.3 Å². The molecular weight excluding hydrogens is 256 g/mol. The summed E-state index contributed by atoms with van der Waals surface area (Å²) in [6.45, 7) is 5.14. The lowest BCUT2D eigenvalue weighted by Gasteiger charge is -2.11. The van der Waals surface area contributed by atoms with Crippen molar-refractivity contribution >= 4 is 11.8 Å². The first kappa shape index (κ1) is 14.3. The van der Waals surface area contributed by atoms with Gasteiger partial charge in [-0.3, -0.25) is 4.79 Å². The second kappa shape index (κ2) is 5.49. The van der Waals surface area contributed by atoms with Crippen LogP contribution in [0.5, 0.6) is 0 Å². The van der Waals surface area contributed by atoms with E-state index in [4.69, 9.17) is 4.74 Å². The van der Waals surface area contributed by atoms with Crippen LogP contribution in [0.15, 0.2) is 35.6 Å². The molecule has 0 aromatic heterocycles. The number of hydrogen-bond acceptors (Lipinski definition) is 4. The van der Waals surface area contributed by atoms with Gasteiger partial charge in [0.25, 0.3) is 0 Å². The van der Waals surface area contributed by atoms with Crippen LogP contribution in [-0.4, -0.2) is 23.0 Å².